The molecule has 6 N–H and O–H groups in total. The first-order valence-corrected chi connectivity index (χ1v) is 18.5. The lowest BCUT2D eigenvalue weighted by Crippen LogP contribution is -2.35. The summed E-state index contributed by atoms with van der Waals surface area (Å²) in [5, 5.41) is 35.8. The number of nitrogens with two attached hydrogens (primary N) is 1. The molecular weight excluding hydrogens is 652 g/mol. The number of aliphatic hydroxyl groups is 2. The molecule has 9 heteroatoms. The number of phenolic OH excluding ortho intramolecular Hbond substituents is 1. The van der Waals surface area contributed by atoms with Gasteiger partial charge in [0.15, 0.2) is 17.7 Å². The van der Waals surface area contributed by atoms with E-state index in [2.05, 4.69) is 42.3 Å². The average Bonchev–Trinajstić information content (AvgIpc) is 3.73. The number of aryl methyl sites for hydroxylation is 1. The van der Waals surface area contributed by atoms with Crippen LogP contribution in [0.5, 0.6) is 11.5 Å². The zero-order chi connectivity index (χ0) is 36.5. The van der Waals surface area contributed by atoms with E-state index in [0.29, 0.717) is 38.0 Å². The van der Waals surface area contributed by atoms with E-state index in [4.69, 9.17) is 15.5 Å². The third kappa shape index (κ3) is 9.58. The second-order valence-corrected chi connectivity index (χ2v) is 13.9. The van der Waals surface area contributed by atoms with Crippen molar-refractivity contribution in [3.8, 4) is 23.3 Å². The first-order valence-electron chi connectivity index (χ1n) is 18.5. The molecule has 0 radical (unpaired) electrons. The van der Waals surface area contributed by atoms with Crippen molar-refractivity contribution in [2.24, 2.45) is 10.7 Å². The minimum Gasteiger partial charge on any atom is -0.504 e. The van der Waals surface area contributed by atoms with Crippen molar-refractivity contribution in [1.82, 2.24) is 10.2 Å². The number of aliphatic hydroxyl groups excluding tert-OH is 2. The van der Waals surface area contributed by atoms with Crippen LogP contribution in [-0.2, 0) is 24.1 Å². The van der Waals surface area contributed by atoms with Gasteiger partial charge in [-0.2, -0.15) is 0 Å². The number of nitrogens with zero attached hydrogens (tertiary/aromatic N) is 2. The maximum absolute atomic E-state index is 12.6. The summed E-state index contributed by atoms with van der Waals surface area (Å²) in [5.41, 5.74) is 14.3. The van der Waals surface area contributed by atoms with Crippen molar-refractivity contribution in [3.63, 3.8) is 0 Å². The summed E-state index contributed by atoms with van der Waals surface area (Å²) in [4.78, 5) is 19.3. The van der Waals surface area contributed by atoms with Gasteiger partial charge in [-0.3, -0.25) is 15.1 Å². The van der Waals surface area contributed by atoms with E-state index in [9.17, 15) is 20.1 Å². The minimum atomic E-state index is -1.02. The lowest BCUT2D eigenvalue weighted by Gasteiger charge is -2.28. The Morgan fingerprint density at radius 1 is 1.10 bits per heavy atom. The van der Waals surface area contributed by atoms with Gasteiger partial charge in [-0.05, 0) is 71.2 Å². The Balaban J connectivity index is 1.15. The van der Waals surface area contributed by atoms with E-state index in [1.54, 1.807) is 18.2 Å². The number of nitrogens with one attached hydrogen (secondary N) is 1. The van der Waals surface area contributed by atoms with Crippen LogP contribution in [0.15, 0.2) is 94.8 Å². The standard InChI is InChI=1S/C43H50N4O5/c1-2-3-5-11-34(48)25-35(49)17-14-30-15-19-40(51)41(22-30)52-42-13-8-12-39(50)36-18-16-31(43(44)45-21-20-29-9-6-4-7-10-29)23-32(36)24-33-26-46-38-28-47(42)27-37(33)38/h4,6-7,9-10,15-16,18-19,22-23,26,28,34,39,42-43,45,48,50-51H,2-3,5,11,13-14,17,20-21,24-25,27,44H2,1H3/t34-,39+,42+,43-/m1/s1. The fourth-order valence-electron chi connectivity index (χ4n) is 6.95. The number of unbranched alkanes of at least 4 members (excludes halogenated alkanes) is 2. The number of Topliss-reactive ketones (excluding diaryl/α,β-unsaturated/α-hetero) is 1. The van der Waals surface area contributed by atoms with E-state index < -0.39 is 18.4 Å². The number of ketones is 1. The van der Waals surface area contributed by atoms with Crippen LogP contribution in [0, 0.1) is 11.8 Å². The number of aliphatic imine (C=N–C) groups is 1. The van der Waals surface area contributed by atoms with Crippen LogP contribution < -0.4 is 15.8 Å². The normalized spacial score (nSPS) is 18.8. The quantitative estimate of drug-likeness (QED) is 0.0702. The molecule has 3 aromatic rings. The third-order valence-electron chi connectivity index (χ3n) is 9.98. The first-order chi connectivity index (χ1) is 25.3. The molecule has 6 rings (SSSR count). The molecule has 0 fully saturated rings. The summed E-state index contributed by atoms with van der Waals surface area (Å²) >= 11 is 0. The van der Waals surface area contributed by atoms with Crippen molar-refractivity contribution >= 4 is 12.0 Å². The second kappa shape index (κ2) is 17.7. The number of ether oxygens (including phenoxy) is 1. The van der Waals surface area contributed by atoms with Crippen LogP contribution in [-0.4, -0.2) is 57.6 Å². The second-order valence-electron chi connectivity index (χ2n) is 13.9. The summed E-state index contributed by atoms with van der Waals surface area (Å²) in [6.45, 7) is 3.41. The van der Waals surface area contributed by atoms with E-state index >= 15 is 0 Å². The molecule has 0 spiro atoms. The Morgan fingerprint density at radius 2 is 1.94 bits per heavy atom. The number of hydrogen-bond acceptors (Lipinski definition) is 9. The zero-order valence-electron chi connectivity index (χ0n) is 29.9. The largest absolute Gasteiger partial charge is 0.504 e. The van der Waals surface area contributed by atoms with E-state index in [1.165, 1.54) is 5.56 Å². The van der Waals surface area contributed by atoms with Gasteiger partial charge >= 0.3 is 0 Å². The molecule has 0 saturated heterocycles. The van der Waals surface area contributed by atoms with Gasteiger partial charge in [0.2, 0.25) is 0 Å². The van der Waals surface area contributed by atoms with Crippen molar-refractivity contribution in [3.05, 3.63) is 118 Å². The predicted molar refractivity (Wildman–Crippen MR) is 203 cm³/mol. The van der Waals surface area contributed by atoms with Crippen molar-refractivity contribution in [2.45, 2.75) is 95.7 Å². The molecule has 4 atom stereocenters. The lowest BCUT2D eigenvalue weighted by molar-refractivity contribution is -0.121. The molecule has 3 aromatic carbocycles. The molecule has 2 bridgehead atoms. The van der Waals surface area contributed by atoms with E-state index in [0.717, 1.165) is 71.3 Å². The number of rotatable bonds is 16. The monoisotopic (exact) mass is 702 g/mol. The highest BCUT2D eigenvalue weighted by molar-refractivity contribution is 5.87. The number of fused-ring (bicyclic) bond motifs is 2. The van der Waals surface area contributed by atoms with Crippen LogP contribution in [0.1, 0.15) is 92.0 Å². The number of carbonyl (C=O) groups is 1. The molecule has 0 unspecified atom stereocenters. The van der Waals surface area contributed by atoms with Crippen LogP contribution in [0.25, 0.3) is 0 Å². The molecule has 52 heavy (non-hydrogen) atoms. The van der Waals surface area contributed by atoms with Gasteiger partial charge in [0.1, 0.15) is 11.9 Å². The Hall–Kier alpha value is -4.72. The number of phenols is 1. The van der Waals surface area contributed by atoms with Crippen molar-refractivity contribution in [2.75, 3.05) is 13.1 Å². The smallest absolute Gasteiger partial charge is 0.183 e. The van der Waals surface area contributed by atoms with Crippen LogP contribution in [0.4, 0.5) is 0 Å². The Bertz CT molecular complexity index is 1870. The summed E-state index contributed by atoms with van der Waals surface area (Å²) in [6.07, 6.45) is 7.62. The number of allylic oxidation sites excluding steroid dienone is 1. The maximum Gasteiger partial charge on any atom is 0.183 e. The molecule has 0 amide bonds. The van der Waals surface area contributed by atoms with Gasteiger partial charge in [-0.25, -0.2) is 0 Å². The minimum absolute atomic E-state index is 0.0111. The van der Waals surface area contributed by atoms with Gasteiger partial charge in [0.05, 0.1) is 24.4 Å². The molecule has 3 aliphatic heterocycles. The number of hydrogen-bond donors (Lipinski definition) is 5. The van der Waals surface area contributed by atoms with Crippen LogP contribution in [0.2, 0.25) is 0 Å². The third-order valence-corrected chi connectivity index (χ3v) is 9.98. The van der Waals surface area contributed by atoms with Gasteiger partial charge in [-0.1, -0.05) is 92.6 Å². The Labute approximate surface area is 306 Å². The highest BCUT2D eigenvalue weighted by atomic mass is 16.5. The van der Waals surface area contributed by atoms with E-state index in [-0.39, 0.29) is 30.5 Å². The number of aromatic hydroxyl groups is 1. The first kappa shape index (κ1) is 37.1. The molecule has 272 valence electrons. The van der Waals surface area contributed by atoms with Gasteiger partial charge in [0, 0.05) is 43.9 Å². The number of benzene rings is 3. The summed E-state index contributed by atoms with van der Waals surface area (Å²) in [7, 11) is 0. The van der Waals surface area contributed by atoms with Crippen LogP contribution in [0.3, 0.4) is 0 Å². The maximum atomic E-state index is 12.6. The fraction of sp³-hybridized carbons (Fsp3) is 0.395. The molecule has 0 aromatic heterocycles. The highest BCUT2D eigenvalue weighted by Crippen LogP contribution is 2.36. The van der Waals surface area contributed by atoms with Crippen LogP contribution >= 0.6 is 0 Å². The molecule has 0 saturated carbocycles. The molecule has 0 aliphatic carbocycles. The average molecular weight is 703 g/mol. The SMILES string of the molecule is CCCCC[C@@H](O)CC(=O)CCc1ccc(O)c(O[C@H]2CC#C[C@H](O)c3ccc([C@H](N)NCCc4ccccc4)cc3CC3=C4CN2C=C4N=C3)c1. The van der Waals surface area contributed by atoms with Gasteiger partial charge in [0.25, 0.3) is 0 Å². The number of carbonyl (C=O) groups excluding carboxylic acids is 1. The fourth-order valence-corrected chi connectivity index (χ4v) is 6.95. The molecule has 3 aliphatic rings. The van der Waals surface area contributed by atoms with E-state index in [1.807, 2.05) is 47.6 Å². The topological polar surface area (TPSA) is 141 Å². The zero-order valence-corrected chi connectivity index (χ0v) is 29.9. The summed E-state index contributed by atoms with van der Waals surface area (Å²) in [6, 6.07) is 21.4. The Kier molecular flexibility index (Phi) is 12.6. The molecular formula is C43H50N4O5. The summed E-state index contributed by atoms with van der Waals surface area (Å²) < 4.78 is 6.43. The predicted octanol–water partition coefficient (Wildman–Crippen LogP) is 5.94. The Morgan fingerprint density at radius 3 is 2.77 bits per heavy atom. The molecule has 9 nitrogen and oxygen atoms in total. The highest BCUT2D eigenvalue weighted by Gasteiger charge is 2.31. The van der Waals surface area contributed by atoms with Crippen molar-refractivity contribution < 1.29 is 24.9 Å². The van der Waals surface area contributed by atoms with Crippen molar-refractivity contribution in [1.29, 1.82) is 0 Å². The van der Waals surface area contributed by atoms with Gasteiger partial charge in [-0.15, -0.1) is 0 Å². The van der Waals surface area contributed by atoms with Gasteiger partial charge < -0.3 is 30.7 Å². The lowest BCUT2D eigenvalue weighted by atomic mass is 9.92. The summed E-state index contributed by atoms with van der Waals surface area (Å²) in [5.74, 6) is 6.47. The molecule has 3 heterocycles.